The highest BCUT2D eigenvalue weighted by Gasteiger charge is 2.38. The van der Waals surface area contributed by atoms with Crippen LogP contribution in [0.5, 0.6) is 5.75 Å². The van der Waals surface area contributed by atoms with Crippen molar-refractivity contribution in [1.29, 1.82) is 0 Å². The number of fused-ring (bicyclic) bond motifs is 4. The van der Waals surface area contributed by atoms with Crippen LogP contribution in [0.15, 0.2) is 90.5 Å². The van der Waals surface area contributed by atoms with Crippen molar-refractivity contribution in [2.75, 3.05) is 11.9 Å². The third kappa shape index (κ3) is 4.53. The monoisotopic (exact) mass is 507 g/mol. The van der Waals surface area contributed by atoms with E-state index in [2.05, 4.69) is 60.8 Å². The molecule has 2 aliphatic rings. The zero-order valence-corrected chi connectivity index (χ0v) is 21.7. The van der Waals surface area contributed by atoms with E-state index in [1.54, 1.807) is 0 Å². The fraction of sp³-hybridized carbons (Fsp3) is 0.242. The van der Waals surface area contributed by atoms with Crippen LogP contribution in [0.4, 0.5) is 5.69 Å². The molecule has 4 heteroatoms. The van der Waals surface area contributed by atoms with Crippen molar-refractivity contribution in [2.45, 2.75) is 44.6 Å². The van der Waals surface area contributed by atoms with E-state index in [9.17, 15) is 4.79 Å². The van der Waals surface area contributed by atoms with Crippen LogP contribution >= 0.6 is 11.6 Å². The van der Waals surface area contributed by atoms with E-state index >= 15 is 0 Å². The van der Waals surface area contributed by atoms with E-state index in [-0.39, 0.29) is 17.7 Å². The number of hydrogen-bond donors (Lipinski definition) is 1. The molecule has 0 radical (unpaired) electrons. The van der Waals surface area contributed by atoms with Gasteiger partial charge in [-0.05, 0) is 76.6 Å². The van der Waals surface area contributed by atoms with E-state index in [0.29, 0.717) is 11.4 Å². The summed E-state index contributed by atoms with van der Waals surface area (Å²) >= 11 is 6.19. The maximum atomic E-state index is 13.9. The summed E-state index contributed by atoms with van der Waals surface area (Å²) in [6.45, 7) is 2.89. The molecule has 3 nitrogen and oxygen atoms in total. The quantitative estimate of drug-likeness (QED) is 0.265. The Kier molecular flexibility index (Phi) is 6.48. The molecule has 4 aromatic rings. The van der Waals surface area contributed by atoms with Crippen molar-refractivity contribution < 1.29 is 9.53 Å². The number of ether oxygens (including phenoxy) is 1. The lowest BCUT2D eigenvalue weighted by Crippen LogP contribution is -2.29. The number of rotatable bonds is 6. The number of benzene rings is 4. The highest BCUT2D eigenvalue weighted by atomic mass is 35.5. The molecule has 0 saturated carbocycles. The molecule has 2 atom stereocenters. The number of anilines is 1. The van der Waals surface area contributed by atoms with Gasteiger partial charge in [0.15, 0.2) is 5.78 Å². The average Bonchev–Trinajstić information content (AvgIpc) is 2.93. The van der Waals surface area contributed by atoms with Crippen LogP contribution in [0.1, 0.15) is 61.3 Å². The van der Waals surface area contributed by atoms with Gasteiger partial charge in [-0.3, -0.25) is 4.79 Å². The average molecular weight is 508 g/mol. The number of unbranched alkanes of at least 4 members (excludes halogenated alkanes) is 1. The molecular weight excluding hydrogens is 478 g/mol. The van der Waals surface area contributed by atoms with Gasteiger partial charge < -0.3 is 10.1 Å². The van der Waals surface area contributed by atoms with Crippen molar-refractivity contribution in [3.05, 3.63) is 112 Å². The summed E-state index contributed by atoms with van der Waals surface area (Å²) in [4.78, 5) is 13.9. The second kappa shape index (κ2) is 10.1. The molecule has 1 aliphatic carbocycles. The van der Waals surface area contributed by atoms with Gasteiger partial charge in [0.25, 0.3) is 0 Å². The summed E-state index contributed by atoms with van der Waals surface area (Å²) in [7, 11) is 0. The number of ketones is 1. The summed E-state index contributed by atoms with van der Waals surface area (Å²) in [6.07, 6.45) is 3.48. The molecule has 0 aromatic heterocycles. The topological polar surface area (TPSA) is 38.3 Å². The molecule has 0 spiro atoms. The molecule has 0 fully saturated rings. The van der Waals surface area contributed by atoms with Gasteiger partial charge in [-0.2, -0.15) is 0 Å². The van der Waals surface area contributed by atoms with Crippen molar-refractivity contribution in [3.63, 3.8) is 0 Å². The summed E-state index contributed by atoms with van der Waals surface area (Å²) in [5.74, 6) is 1.23. The number of hydrogen-bond acceptors (Lipinski definition) is 3. The molecule has 1 aliphatic heterocycles. The van der Waals surface area contributed by atoms with Crippen LogP contribution in [0, 0.1) is 0 Å². The Morgan fingerprint density at radius 3 is 2.43 bits per heavy atom. The summed E-state index contributed by atoms with van der Waals surface area (Å²) in [5, 5.41) is 6.76. The minimum atomic E-state index is -0.191. The smallest absolute Gasteiger partial charge is 0.162 e. The van der Waals surface area contributed by atoms with E-state index in [4.69, 9.17) is 16.3 Å². The summed E-state index contributed by atoms with van der Waals surface area (Å²) < 4.78 is 5.87. The Morgan fingerprint density at radius 1 is 0.892 bits per heavy atom. The van der Waals surface area contributed by atoms with E-state index in [1.165, 1.54) is 16.3 Å². The maximum Gasteiger partial charge on any atom is 0.162 e. The first kappa shape index (κ1) is 23.8. The number of nitrogens with one attached hydrogen (secondary N) is 1. The zero-order chi connectivity index (χ0) is 25.4. The molecule has 6 rings (SSSR count). The van der Waals surface area contributed by atoms with E-state index in [0.717, 1.165) is 59.6 Å². The first-order chi connectivity index (χ1) is 18.1. The van der Waals surface area contributed by atoms with Gasteiger partial charge in [0.2, 0.25) is 0 Å². The number of halogens is 1. The van der Waals surface area contributed by atoms with Gasteiger partial charge in [-0.1, -0.05) is 79.5 Å². The van der Waals surface area contributed by atoms with Crippen LogP contribution in [-0.2, 0) is 4.79 Å². The SMILES string of the molecule is CCCCOc1ccc(C2CC(=O)C3=C(C2)c2c(ccc4ccccc24)NC3c2ccc(Cl)cc2)cc1. The van der Waals surface area contributed by atoms with Crippen LogP contribution in [0.3, 0.4) is 0 Å². The first-order valence-corrected chi connectivity index (χ1v) is 13.5. The van der Waals surface area contributed by atoms with E-state index < -0.39 is 0 Å². The van der Waals surface area contributed by atoms with Crippen LogP contribution < -0.4 is 10.1 Å². The van der Waals surface area contributed by atoms with Crippen LogP contribution in [-0.4, -0.2) is 12.4 Å². The Bertz CT molecular complexity index is 1490. The fourth-order valence-corrected chi connectivity index (χ4v) is 5.88. The molecule has 1 heterocycles. The highest BCUT2D eigenvalue weighted by molar-refractivity contribution is 6.30. The van der Waals surface area contributed by atoms with Crippen LogP contribution in [0.25, 0.3) is 16.3 Å². The van der Waals surface area contributed by atoms with Gasteiger partial charge >= 0.3 is 0 Å². The first-order valence-electron chi connectivity index (χ1n) is 13.2. The summed E-state index contributed by atoms with van der Waals surface area (Å²) in [5.41, 5.74) is 6.53. The Morgan fingerprint density at radius 2 is 1.65 bits per heavy atom. The molecule has 2 unspecified atom stereocenters. The predicted molar refractivity (Wildman–Crippen MR) is 153 cm³/mol. The largest absolute Gasteiger partial charge is 0.494 e. The molecular formula is C33H30ClNO2. The number of carbonyl (C=O) groups is 1. The Balaban J connectivity index is 1.43. The maximum absolute atomic E-state index is 13.9. The standard InChI is InChI=1S/C33H30ClNO2/c1-2-3-18-37-26-15-10-21(11-16-26)24-19-28-31-27-7-5-4-6-22(27)12-17-29(31)35-33(32(28)30(36)20-24)23-8-13-25(34)14-9-23/h4-17,24,33,35H,2-3,18-20H2,1H3. The lowest BCUT2D eigenvalue weighted by atomic mass is 9.71. The third-order valence-corrected chi connectivity index (χ3v) is 7.90. The third-order valence-electron chi connectivity index (χ3n) is 7.65. The van der Waals surface area contributed by atoms with Crippen molar-refractivity contribution in [2.24, 2.45) is 0 Å². The number of Topliss-reactive ketones (excluding diaryl/α,β-unsaturated/α-hetero) is 1. The van der Waals surface area contributed by atoms with E-state index in [1.807, 2.05) is 36.4 Å². The van der Waals surface area contributed by atoms with Gasteiger partial charge in [0.1, 0.15) is 5.75 Å². The molecule has 0 amide bonds. The molecule has 0 bridgehead atoms. The van der Waals surface area contributed by atoms with Crippen molar-refractivity contribution >= 4 is 39.4 Å². The van der Waals surface area contributed by atoms with Gasteiger partial charge in [-0.15, -0.1) is 0 Å². The van der Waals surface area contributed by atoms with Gasteiger partial charge in [-0.25, -0.2) is 0 Å². The molecule has 37 heavy (non-hydrogen) atoms. The minimum absolute atomic E-state index is 0.131. The fourth-order valence-electron chi connectivity index (χ4n) is 5.76. The molecule has 0 saturated heterocycles. The molecule has 1 N–H and O–H groups in total. The summed E-state index contributed by atoms with van der Waals surface area (Å²) in [6, 6.07) is 28.8. The Hall–Kier alpha value is -3.56. The normalized spacial score (nSPS) is 18.8. The lowest BCUT2D eigenvalue weighted by Gasteiger charge is -2.37. The molecule has 186 valence electrons. The second-order valence-corrected chi connectivity index (χ2v) is 10.5. The van der Waals surface area contributed by atoms with Crippen molar-refractivity contribution in [1.82, 2.24) is 0 Å². The minimum Gasteiger partial charge on any atom is -0.494 e. The number of allylic oxidation sites excluding steroid dienone is 1. The highest BCUT2D eigenvalue weighted by Crippen LogP contribution is 2.51. The van der Waals surface area contributed by atoms with Crippen LogP contribution in [0.2, 0.25) is 5.02 Å². The zero-order valence-electron chi connectivity index (χ0n) is 21.0. The predicted octanol–water partition coefficient (Wildman–Crippen LogP) is 8.74. The lowest BCUT2D eigenvalue weighted by molar-refractivity contribution is -0.116. The molecule has 4 aromatic carbocycles. The van der Waals surface area contributed by atoms with Crippen molar-refractivity contribution in [3.8, 4) is 5.75 Å². The second-order valence-electron chi connectivity index (χ2n) is 10.0. The van der Waals surface area contributed by atoms with Gasteiger partial charge in [0.05, 0.1) is 12.6 Å². The number of carbonyl (C=O) groups excluding carboxylic acids is 1. The Labute approximate surface area is 223 Å². The van der Waals surface area contributed by atoms with Gasteiger partial charge in [0, 0.05) is 28.3 Å².